The Bertz CT molecular complexity index is 284. The van der Waals surface area contributed by atoms with E-state index in [9.17, 15) is 0 Å². The van der Waals surface area contributed by atoms with E-state index in [1.807, 2.05) is 6.33 Å². The molecule has 1 aliphatic heterocycles. The van der Waals surface area contributed by atoms with E-state index in [0.29, 0.717) is 6.04 Å². The van der Waals surface area contributed by atoms with Gasteiger partial charge in [0, 0.05) is 18.8 Å². The minimum atomic E-state index is 0.523. The maximum absolute atomic E-state index is 4.42. The van der Waals surface area contributed by atoms with E-state index in [2.05, 4.69) is 34.5 Å². The van der Waals surface area contributed by atoms with Gasteiger partial charge in [0.1, 0.15) is 0 Å². The van der Waals surface area contributed by atoms with E-state index in [1.54, 1.807) is 0 Å². The van der Waals surface area contributed by atoms with Gasteiger partial charge in [0.2, 0.25) is 0 Å². The standard InChI is InChI=1S/C11H19N3/c1-10(2)14-8-11(12-9-14)7-13-5-3-4-6-13/h8-10H,3-7H2,1-2H3. The molecule has 0 saturated carbocycles. The van der Waals surface area contributed by atoms with Crippen molar-refractivity contribution in [2.45, 2.75) is 39.3 Å². The van der Waals surface area contributed by atoms with Crippen molar-refractivity contribution in [3.63, 3.8) is 0 Å². The van der Waals surface area contributed by atoms with Gasteiger partial charge in [-0.25, -0.2) is 4.98 Å². The molecule has 0 bridgehead atoms. The van der Waals surface area contributed by atoms with Gasteiger partial charge in [-0.15, -0.1) is 0 Å². The zero-order valence-electron chi connectivity index (χ0n) is 9.11. The third-order valence-corrected chi connectivity index (χ3v) is 2.84. The summed E-state index contributed by atoms with van der Waals surface area (Å²) < 4.78 is 2.17. The van der Waals surface area contributed by atoms with Crippen molar-refractivity contribution >= 4 is 0 Å². The van der Waals surface area contributed by atoms with Crippen LogP contribution in [0.4, 0.5) is 0 Å². The molecular formula is C11H19N3. The monoisotopic (exact) mass is 193 g/mol. The van der Waals surface area contributed by atoms with Crippen molar-refractivity contribution in [3.8, 4) is 0 Å². The zero-order valence-corrected chi connectivity index (χ0v) is 9.11. The Balaban J connectivity index is 1.95. The molecule has 1 saturated heterocycles. The number of aromatic nitrogens is 2. The van der Waals surface area contributed by atoms with Crippen LogP contribution >= 0.6 is 0 Å². The van der Waals surface area contributed by atoms with Gasteiger partial charge in [-0.2, -0.15) is 0 Å². The Labute approximate surface area is 85.7 Å². The van der Waals surface area contributed by atoms with Crippen LogP contribution < -0.4 is 0 Å². The Kier molecular flexibility index (Phi) is 2.87. The summed E-state index contributed by atoms with van der Waals surface area (Å²) in [6, 6.07) is 0.523. The van der Waals surface area contributed by atoms with E-state index >= 15 is 0 Å². The molecule has 0 aromatic carbocycles. The highest BCUT2D eigenvalue weighted by Crippen LogP contribution is 2.12. The summed E-state index contributed by atoms with van der Waals surface area (Å²) >= 11 is 0. The first-order valence-corrected chi connectivity index (χ1v) is 5.50. The Morgan fingerprint density at radius 2 is 2.07 bits per heavy atom. The van der Waals surface area contributed by atoms with Gasteiger partial charge in [0.05, 0.1) is 12.0 Å². The fourth-order valence-electron chi connectivity index (χ4n) is 1.91. The molecule has 3 nitrogen and oxygen atoms in total. The molecule has 2 rings (SSSR count). The number of likely N-dealkylation sites (tertiary alicyclic amines) is 1. The third-order valence-electron chi connectivity index (χ3n) is 2.84. The Morgan fingerprint density at radius 1 is 1.36 bits per heavy atom. The molecule has 0 aliphatic carbocycles. The summed E-state index contributed by atoms with van der Waals surface area (Å²) in [5.41, 5.74) is 1.21. The molecular weight excluding hydrogens is 174 g/mol. The van der Waals surface area contributed by atoms with E-state index < -0.39 is 0 Å². The first-order chi connectivity index (χ1) is 6.75. The molecule has 1 aromatic rings. The predicted octanol–water partition coefficient (Wildman–Crippen LogP) is 2.06. The third kappa shape index (κ3) is 2.15. The van der Waals surface area contributed by atoms with Crippen LogP contribution in [0, 0.1) is 0 Å². The van der Waals surface area contributed by atoms with Crippen molar-refractivity contribution in [1.29, 1.82) is 0 Å². The highest BCUT2D eigenvalue weighted by Gasteiger charge is 2.13. The Morgan fingerprint density at radius 3 is 2.64 bits per heavy atom. The van der Waals surface area contributed by atoms with Gasteiger partial charge in [-0.3, -0.25) is 4.90 Å². The number of hydrogen-bond donors (Lipinski definition) is 0. The fourth-order valence-corrected chi connectivity index (χ4v) is 1.91. The summed E-state index contributed by atoms with van der Waals surface area (Å²) in [5.74, 6) is 0. The molecule has 0 unspecified atom stereocenters. The van der Waals surface area contributed by atoms with Gasteiger partial charge in [0.25, 0.3) is 0 Å². The number of nitrogens with zero attached hydrogens (tertiary/aromatic N) is 3. The maximum atomic E-state index is 4.42. The van der Waals surface area contributed by atoms with Crippen molar-refractivity contribution in [3.05, 3.63) is 18.2 Å². The molecule has 0 atom stereocenters. The van der Waals surface area contributed by atoms with E-state index in [4.69, 9.17) is 0 Å². The average molecular weight is 193 g/mol. The average Bonchev–Trinajstić information content (AvgIpc) is 2.75. The van der Waals surface area contributed by atoms with Crippen molar-refractivity contribution in [1.82, 2.24) is 14.5 Å². The van der Waals surface area contributed by atoms with Crippen LogP contribution in [0.1, 0.15) is 38.4 Å². The fraction of sp³-hybridized carbons (Fsp3) is 0.727. The van der Waals surface area contributed by atoms with Crippen LogP contribution in [-0.4, -0.2) is 27.5 Å². The molecule has 14 heavy (non-hydrogen) atoms. The van der Waals surface area contributed by atoms with Crippen LogP contribution in [0.25, 0.3) is 0 Å². The lowest BCUT2D eigenvalue weighted by Crippen LogP contribution is -2.18. The van der Waals surface area contributed by atoms with E-state index in [0.717, 1.165) is 6.54 Å². The molecule has 3 heteroatoms. The van der Waals surface area contributed by atoms with Crippen LogP contribution in [0.2, 0.25) is 0 Å². The van der Waals surface area contributed by atoms with Gasteiger partial charge in [0.15, 0.2) is 0 Å². The van der Waals surface area contributed by atoms with Crippen molar-refractivity contribution in [2.75, 3.05) is 13.1 Å². The molecule has 78 valence electrons. The smallest absolute Gasteiger partial charge is 0.0952 e. The molecule has 0 spiro atoms. The zero-order chi connectivity index (χ0) is 9.97. The lowest BCUT2D eigenvalue weighted by atomic mass is 10.4. The molecule has 2 heterocycles. The van der Waals surface area contributed by atoms with Gasteiger partial charge in [-0.1, -0.05) is 0 Å². The van der Waals surface area contributed by atoms with Gasteiger partial charge in [-0.05, 0) is 39.8 Å². The first-order valence-electron chi connectivity index (χ1n) is 5.50. The predicted molar refractivity (Wildman–Crippen MR) is 57.1 cm³/mol. The largest absolute Gasteiger partial charge is 0.335 e. The maximum Gasteiger partial charge on any atom is 0.0952 e. The molecule has 0 N–H and O–H groups in total. The van der Waals surface area contributed by atoms with Gasteiger partial charge < -0.3 is 4.57 Å². The quantitative estimate of drug-likeness (QED) is 0.732. The number of hydrogen-bond acceptors (Lipinski definition) is 2. The first kappa shape index (κ1) is 9.71. The number of imidazole rings is 1. The second kappa shape index (κ2) is 4.13. The summed E-state index contributed by atoms with van der Waals surface area (Å²) in [4.78, 5) is 6.90. The highest BCUT2D eigenvalue weighted by molar-refractivity contribution is 4.98. The highest BCUT2D eigenvalue weighted by atomic mass is 15.2. The summed E-state index contributed by atoms with van der Waals surface area (Å²) in [6.07, 6.45) is 6.81. The number of rotatable bonds is 3. The van der Waals surface area contributed by atoms with Crippen LogP contribution in [-0.2, 0) is 6.54 Å². The topological polar surface area (TPSA) is 21.1 Å². The molecule has 1 aliphatic rings. The second-order valence-corrected chi connectivity index (χ2v) is 4.39. The molecule has 1 fully saturated rings. The molecule has 0 amide bonds. The van der Waals surface area contributed by atoms with E-state index in [-0.39, 0.29) is 0 Å². The summed E-state index contributed by atoms with van der Waals surface area (Å²) in [7, 11) is 0. The summed E-state index contributed by atoms with van der Waals surface area (Å²) in [6.45, 7) is 7.88. The van der Waals surface area contributed by atoms with Crippen LogP contribution in [0.15, 0.2) is 12.5 Å². The van der Waals surface area contributed by atoms with Crippen molar-refractivity contribution in [2.24, 2.45) is 0 Å². The molecule has 1 aromatic heterocycles. The second-order valence-electron chi connectivity index (χ2n) is 4.39. The Hall–Kier alpha value is -0.830. The normalized spacial score (nSPS) is 18.2. The summed E-state index contributed by atoms with van der Waals surface area (Å²) in [5, 5.41) is 0. The lowest BCUT2D eigenvalue weighted by molar-refractivity contribution is 0.327. The van der Waals surface area contributed by atoms with Crippen molar-refractivity contribution < 1.29 is 0 Å². The van der Waals surface area contributed by atoms with Crippen LogP contribution in [0.5, 0.6) is 0 Å². The SMILES string of the molecule is CC(C)n1cnc(CN2CCCC2)c1. The van der Waals surface area contributed by atoms with Gasteiger partial charge >= 0.3 is 0 Å². The lowest BCUT2D eigenvalue weighted by Gasteiger charge is -2.12. The van der Waals surface area contributed by atoms with E-state index in [1.165, 1.54) is 31.6 Å². The molecule has 0 radical (unpaired) electrons. The minimum absolute atomic E-state index is 0.523. The minimum Gasteiger partial charge on any atom is -0.335 e. The van der Waals surface area contributed by atoms with Crippen LogP contribution in [0.3, 0.4) is 0 Å².